The van der Waals surface area contributed by atoms with E-state index in [0.717, 1.165) is 5.69 Å². The minimum atomic E-state index is -0.482. The van der Waals surface area contributed by atoms with Gasteiger partial charge in [0.2, 0.25) is 5.91 Å². The Morgan fingerprint density at radius 3 is 2.31 bits per heavy atom. The molecule has 0 fully saturated rings. The lowest BCUT2D eigenvalue weighted by Crippen LogP contribution is -2.22. The molecule has 4 aromatic rings. The Labute approximate surface area is 189 Å². The molecular weight excluding hydrogens is 424 g/mol. The van der Waals surface area contributed by atoms with Crippen molar-refractivity contribution in [2.24, 2.45) is 0 Å². The summed E-state index contributed by atoms with van der Waals surface area (Å²) in [4.78, 5) is 30.7. The minimum absolute atomic E-state index is 0.000359. The van der Waals surface area contributed by atoms with Crippen LogP contribution in [-0.2, 0) is 16.1 Å². The standard InChI is InChI=1S/C25H20N2O4S/c1-18(28)27(21-10-4-2-5-11-21)25-26-20(17-32-25)16-30-24(29)19-9-8-14-23(15-19)31-22-12-6-3-7-13-22/h2-15,17H,16H2,1H3. The summed E-state index contributed by atoms with van der Waals surface area (Å²) in [6, 6.07) is 25.4. The van der Waals surface area contributed by atoms with Gasteiger partial charge in [0.15, 0.2) is 5.13 Å². The molecular formula is C25H20N2O4S. The third kappa shape index (κ3) is 5.19. The third-order valence-corrected chi connectivity index (χ3v) is 5.33. The van der Waals surface area contributed by atoms with E-state index in [0.29, 0.717) is 27.9 Å². The highest BCUT2D eigenvalue weighted by Crippen LogP contribution is 2.29. The molecule has 0 N–H and O–H groups in total. The SMILES string of the molecule is CC(=O)N(c1ccccc1)c1nc(COC(=O)c2cccc(Oc3ccccc3)c2)cs1. The molecule has 32 heavy (non-hydrogen) atoms. The van der Waals surface area contributed by atoms with Crippen LogP contribution in [0.5, 0.6) is 11.5 Å². The van der Waals surface area contributed by atoms with E-state index in [1.54, 1.807) is 29.6 Å². The van der Waals surface area contributed by atoms with Crippen molar-refractivity contribution in [3.05, 3.63) is 102 Å². The summed E-state index contributed by atoms with van der Waals surface area (Å²) >= 11 is 1.31. The Morgan fingerprint density at radius 1 is 0.906 bits per heavy atom. The third-order valence-electron chi connectivity index (χ3n) is 4.46. The molecule has 0 aliphatic rings. The molecule has 0 aliphatic carbocycles. The molecule has 1 amide bonds. The van der Waals surface area contributed by atoms with Crippen LogP contribution in [0, 0.1) is 0 Å². The van der Waals surface area contributed by atoms with Crippen LogP contribution < -0.4 is 9.64 Å². The van der Waals surface area contributed by atoms with Gasteiger partial charge in [0.05, 0.1) is 16.9 Å². The van der Waals surface area contributed by atoms with Crippen molar-refractivity contribution >= 4 is 34.0 Å². The van der Waals surface area contributed by atoms with Crippen LogP contribution in [0.25, 0.3) is 0 Å². The quantitative estimate of drug-likeness (QED) is 0.328. The lowest BCUT2D eigenvalue weighted by molar-refractivity contribution is -0.115. The van der Waals surface area contributed by atoms with Crippen molar-refractivity contribution in [1.29, 1.82) is 0 Å². The largest absolute Gasteiger partial charge is 0.457 e. The Kier molecular flexibility index (Phi) is 6.57. The van der Waals surface area contributed by atoms with Gasteiger partial charge in [-0.2, -0.15) is 0 Å². The molecule has 0 radical (unpaired) electrons. The summed E-state index contributed by atoms with van der Waals surface area (Å²) in [6.07, 6.45) is 0. The summed E-state index contributed by atoms with van der Waals surface area (Å²) in [5.41, 5.74) is 1.67. The summed E-state index contributed by atoms with van der Waals surface area (Å²) in [7, 11) is 0. The fourth-order valence-corrected chi connectivity index (χ4v) is 3.87. The van der Waals surface area contributed by atoms with E-state index >= 15 is 0 Å². The van der Waals surface area contributed by atoms with Gasteiger partial charge in [0, 0.05) is 12.3 Å². The number of anilines is 2. The number of esters is 1. The zero-order valence-corrected chi connectivity index (χ0v) is 18.1. The van der Waals surface area contributed by atoms with E-state index in [4.69, 9.17) is 9.47 Å². The second-order valence-electron chi connectivity index (χ2n) is 6.83. The van der Waals surface area contributed by atoms with Gasteiger partial charge in [-0.05, 0) is 42.5 Å². The van der Waals surface area contributed by atoms with Gasteiger partial charge in [-0.3, -0.25) is 9.69 Å². The van der Waals surface area contributed by atoms with Gasteiger partial charge in [-0.15, -0.1) is 11.3 Å². The van der Waals surface area contributed by atoms with Gasteiger partial charge in [-0.1, -0.05) is 42.5 Å². The molecule has 0 bridgehead atoms. The van der Waals surface area contributed by atoms with Crippen molar-refractivity contribution in [1.82, 2.24) is 4.98 Å². The van der Waals surface area contributed by atoms with E-state index in [2.05, 4.69) is 4.98 Å². The highest BCUT2D eigenvalue weighted by atomic mass is 32.1. The van der Waals surface area contributed by atoms with Crippen molar-refractivity contribution in [3.8, 4) is 11.5 Å². The molecule has 1 aromatic heterocycles. The first-order valence-corrected chi connectivity index (χ1v) is 10.8. The van der Waals surface area contributed by atoms with Crippen LogP contribution in [0.2, 0.25) is 0 Å². The van der Waals surface area contributed by atoms with Crippen LogP contribution >= 0.6 is 11.3 Å². The first-order chi connectivity index (χ1) is 15.6. The lowest BCUT2D eigenvalue weighted by atomic mass is 10.2. The average Bonchev–Trinajstić information content (AvgIpc) is 3.27. The van der Waals surface area contributed by atoms with E-state index < -0.39 is 5.97 Å². The molecule has 0 aliphatic heterocycles. The summed E-state index contributed by atoms with van der Waals surface area (Å²) in [5, 5.41) is 2.30. The fourth-order valence-electron chi connectivity index (χ4n) is 3.00. The lowest BCUT2D eigenvalue weighted by Gasteiger charge is -2.17. The van der Waals surface area contributed by atoms with Crippen LogP contribution in [-0.4, -0.2) is 16.9 Å². The monoisotopic (exact) mass is 444 g/mol. The number of hydrogen-bond donors (Lipinski definition) is 0. The highest BCUT2D eigenvalue weighted by Gasteiger charge is 2.18. The topological polar surface area (TPSA) is 68.7 Å². The van der Waals surface area contributed by atoms with Gasteiger partial charge in [-0.25, -0.2) is 9.78 Å². The molecule has 0 saturated carbocycles. The number of aromatic nitrogens is 1. The smallest absolute Gasteiger partial charge is 0.338 e. The van der Waals surface area contributed by atoms with Crippen LogP contribution in [0.1, 0.15) is 23.0 Å². The number of carbonyl (C=O) groups is 2. The van der Waals surface area contributed by atoms with Gasteiger partial charge in [0.25, 0.3) is 0 Å². The molecule has 160 valence electrons. The summed E-state index contributed by atoms with van der Waals surface area (Å²) in [6.45, 7) is 1.48. The summed E-state index contributed by atoms with van der Waals surface area (Å²) < 4.78 is 11.2. The number of benzene rings is 3. The zero-order valence-electron chi connectivity index (χ0n) is 17.3. The van der Waals surface area contributed by atoms with E-state index in [1.165, 1.54) is 23.2 Å². The number of hydrogen-bond acceptors (Lipinski definition) is 6. The van der Waals surface area contributed by atoms with Crippen LogP contribution in [0.15, 0.2) is 90.3 Å². The van der Waals surface area contributed by atoms with E-state index in [-0.39, 0.29) is 12.5 Å². The predicted octanol–water partition coefficient (Wildman–Crippen LogP) is 5.98. The number of amides is 1. The number of ether oxygens (including phenoxy) is 2. The van der Waals surface area contributed by atoms with E-state index in [9.17, 15) is 9.59 Å². The fraction of sp³-hybridized carbons (Fsp3) is 0.0800. The van der Waals surface area contributed by atoms with E-state index in [1.807, 2.05) is 60.7 Å². The first-order valence-electron chi connectivity index (χ1n) is 9.90. The molecule has 6 nitrogen and oxygen atoms in total. The maximum Gasteiger partial charge on any atom is 0.338 e. The Hall–Kier alpha value is -3.97. The molecule has 0 spiro atoms. The molecule has 0 unspecified atom stereocenters. The highest BCUT2D eigenvalue weighted by molar-refractivity contribution is 7.14. The maximum atomic E-state index is 12.5. The Balaban J connectivity index is 1.41. The van der Waals surface area contributed by atoms with Crippen LogP contribution in [0.4, 0.5) is 10.8 Å². The average molecular weight is 445 g/mol. The maximum absolute atomic E-state index is 12.5. The minimum Gasteiger partial charge on any atom is -0.457 e. The number of carbonyl (C=O) groups excluding carboxylic acids is 2. The Bertz CT molecular complexity index is 1210. The molecule has 0 saturated heterocycles. The first kappa shape index (κ1) is 21.3. The van der Waals surface area contributed by atoms with Crippen molar-refractivity contribution in [3.63, 3.8) is 0 Å². The van der Waals surface area contributed by atoms with Crippen molar-refractivity contribution in [2.45, 2.75) is 13.5 Å². The number of para-hydroxylation sites is 2. The van der Waals surface area contributed by atoms with Crippen LogP contribution in [0.3, 0.4) is 0 Å². The Morgan fingerprint density at radius 2 is 1.59 bits per heavy atom. The predicted molar refractivity (Wildman–Crippen MR) is 123 cm³/mol. The number of thiazole rings is 1. The number of rotatable bonds is 7. The second-order valence-corrected chi connectivity index (χ2v) is 7.67. The molecule has 4 rings (SSSR count). The van der Waals surface area contributed by atoms with Gasteiger partial charge < -0.3 is 9.47 Å². The number of nitrogens with zero attached hydrogens (tertiary/aromatic N) is 2. The normalized spacial score (nSPS) is 10.4. The molecule has 7 heteroatoms. The van der Waals surface area contributed by atoms with Gasteiger partial charge >= 0.3 is 5.97 Å². The van der Waals surface area contributed by atoms with Crippen molar-refractivity contribution in [2.75, 3.05) is 4.90 Å². The molecule has 1 heterocycles. The van der Waals surface area contributed by atoms with Crippen molar-refractivity contribution < 1.29 is 19.1 Å². The zero-order chi connectivity index (χ0) is 22.3. The summed E-state index contributed by atoms with van der Waals surface area (Å²) in [5.74, 6) is 0.594. The molecule has 3 aromatic carbocycles. The molecule has 0 atom stereocenters. The second kappa shape index (κ2) is 9.89. The van der Waals surface area contributed by atoms with Gasteiger partial charge in [0.1, 0.15) is 18.1 Å².